The van der Waals surface area contributed by atoms with Crippen LogP contribution in [-0.2, 0) is 12.5 Å². The minimum absolute atomic E-state index is 0.236. The molecule has 0 aliphatic carbocycles. The van der Waals surface area contributed by atoms with Crippen LogP contribution in [0.4, 0.5) is 5.69 Å². The van der Waals surface area contributed by atoms with Gasteiger partial charge in [-0.2, -0.15) is 0 Å². The first-order valence-electron chi connectivity index (χ1n) is 6.74. The number of rotatable bonds is 1. The topological polar surface area (TPSA) is 21.1 Å². The van der Waals surface area contributed by atoms with Gasteiger partial charge in [-0.1, -0.05) is 26.0 Å². The lowest BCUT2D eigenvalue weighted by molar-refractivity contribution is 0.563. The fourth-order valence-corrected chi connectivity index (χ4v) is 3.09. The van der Waals surface area contributed by atoms with Gasteiger partial charge < -0.3 is 9.47 Å². The van der Waals surface area contributed by atoms with E-state index in [1.807, 2.05) is 6.20 Å². The molecule has 2 aromatic rings. The highest BCUT2D eigenvalue weighted by molar-refractivity contribution is 5.70. The molecule has 19 heavy (non-hydrogen) atoms. The van der Waals surface area contributed by atoms with Gasteiger partial charge in [0, 0.05) is 49.2 Å². The van der Waals surface area contributed by atoms with Crippen LogP contribution < -0.4 is 4.90 Å². The molecule has 3 nitrogen and oxygen atoms in total. The van der Waals surface area contributed by atoms with Gasteiger partial charge in [0.25, 0.3) is 0 Å². The highest BCUT2D eigenvalue weighted by atomic mass is 15.1. The van der Waals surface area contributed by atoms with Crippen molar-refractivity contribution in [2.75, 3.05) is 18.5 Å². The monoisotopic (exact) mass is 255 g/mol. The van der Waals surface area contributed by atoms with E-state index in [2.05, 4.69) is 67.5 Å². The Morgan fingerprint density at radius 2 is 1.95 bits per heavy atom. The second-order valence-corrected chi connectivity index (χ2v) is 6.25. The molecule has 1 aliphatic rings. The summed E-state index contributed by atoms with van der Waals surface area (Å²) in [4.78, 5) is 6.86. The SMILES string of the molecule is Cc1cnc(-c2ccc3c(c2)N(C)CC3(C)C)n1C. The van der Waals surface area contributed by atoms with Gasteiger partial charge in [-0.3, -0.25) is 0 Å². The molecule has 0 fully saturated rings. The minimum atomic E-state index is 0.236. The van der Waals surface area contributed by atoms with Crippen LogP contribution in [0.3, 0.4) is 0 Å². The van der Waals surface area contributed by atoms with Gasteiger partial charge in [-0.25, -0.2) is 4.98 Å². The van der Waals surface area contributed by atoms with Gasteiger partial charge in [0.05, 0.1) is 0 Å². The van der Waals surface area contributed by atoms with Crippen molar-refractivity contribution in [1.29, 1.82) is 0 Å². The summed E-state index contributed by atoms with van der Waals surface area (Å²) in [6.07, 6.45) is 1.93. The molecule has 0 bridgehead atoms. The Labute approximate surface area is 114 Å². The van der Waals surface area contributed by atoms with Gasteiger partial charge in [0.1, 0.15) is 5.82 Å². The number of benzene rings is 1. The Hall–Kier alpha value is -1.77. The standard InChI is InChI=1S/C16H21N3/c1-11-9-17-15(19(11)5)12-6-7-13-14(8-12)18(4)10-16(13,2)3/h6-9H,10H2,1-5H3. The highest BCUT2D eigenvalue weighted by Gasteiger charge is 2.33. The number of aromatic nitrogens is 2. The number of aryl methyl sites for hydroxylation is 1. The molecule has 1 aromatic heterocycles. The van der Waals surface area contributed by atoms with Crippen LogP contribution in [-0.4, -0.2) is 23.1 Å². The Bertz CT molecular complexity index is 637. The number of hydrogen-bond donors (Lipinski definition) is 0. The van der Waals surface area contributed by atoms with E-state index in [0.29, 0.717) is 0 Å². The predicted octanol–water partition coefficient (Wildman–Crippen LogP) is 3.12. The number of fused-ring (bicyclic) bond motifs is 1. The van der Waals surface area contributed by atoms with E-state index in [1.165, 1.54) is 22.5 Å². The molecule has 2 heterocycles. The maximum absolute atomic E-state index is 4.52. The third-order valence-corrected chi connectivity index (χ3v) is 4.25. The van der Waals surface area contributed by atoms with E-state index in [4.69, 9.17) is 0 Å². The lowest BCUT2D eigenvalue weighted by Crippen LogP contribution is -2.24. The Kier molecular flexibility index (Phi) is 2.49. The van der Waals surface area contributed by atoms with E-state index in [-0.39, 0.29) is 5.41 Å². The zero-order chi connectivity index (χ0) is 13.8. The summed E-state index contributed by atoms with van der Waals surface area (Å²) < 4.78 is 2.14. The molecular weight excluding hydrogens is 234 g/mol. The van der Waals surface area contributed by atoms with Crippen LogP contribution in [0.1, 0.15) is 25.1 Å². The van der Waals surface area contributed by atoms with Crippen molar-refractivity contribution >= 4 is 5.69 Å². The molecule has 1 aliphatic heterocycles. The zero-order valence-electron chi connectivity index (χ0n) is 12.4. The Balaban J connectivity index is 2.13. The molecule has 3 heteroatoms. The molecule has 0 spiro atoms. The first-order chi connectivity index (χ1) is 8.90. The molecule has 0 radical (unpaired) electrons. The van der Waals surface area contributed by atoms with Crippen LogP contribution in [0.25, 0.3) is 11.4 Å². The molecule has 0 saturated carbocycles. The molecule has 3 rings (SSSR count). The number of imidazole rings is 1. The van der Waals surface area contributed by atoms with Crippen LogP contribution >= 0.6 is 0 Å². The fourth-order valence-electron chi connectivity index (χ4n) is 3.09. The van der Waals surface area contributed by atoms with Crippen LogP contribution in [0.2, 0.25) is 0 Å². The average Bonchev–Trinajstić information content (AvgIpc) is 2.79. The normalized spacial score (nSPS) is 16.8. The largest absolute Gasteiger partial charge is 0.373 e. The van der Waals surface area contributed by atoms with Gasteiger partial charge in [-0.15, -0.1) is 0 Å². The number of nitrogens with zero attached hydrogens (tertiary/aromatic N) is 3. The molecule has 1 aromatic carbocycles. The predicted molar refractivity (Wildman–Crippen MR) is 79.7 cm³/mol. The van der Waals surface area contributed by atoms with Gasteiger partial charge in [0.2, 0.25) is 0 Å². The van der Waals surface area contributed by atoms with Crippen LogP contribution in [0.5, 0.6) is 0 Å². The molecule has 0 atom stereocenters. The van der Waals surface area contributed by atoms with E-state index < -0.39 is 0 Å². The van der Waals surface area contributed by atoms with Crippen molar-refractivity contribution in [2.24, 2.45) is 7.05 Å². The van der Waals surface area contributed by atoms with Crippen molar-refractivity contribution in [1.82, 2.24) is 9.55 Å². The number of likely N-dealkylation sites (N-methyl/N-ethyl adjacent to an activating group) is 1. The van der Waals surface area contributed by atoms with Crippen molar-refractivity contribution in [3.8, 4) is 11.4 Å². The third-order valence-electron chi connectivity index (χ3n) is 4.25. The van der Waals surface area contributed by atoms with Crippen molar-refractivity contribution < 1.29 is 0 Å². The first-order valence-corrected chi connectivity index (χ1v) is 6.74. The van der Waals surface area contributed by atoms with E-state index >= 15 is 0 Å². The number of hydrogen-bond acceptors (Lipinski definition) is 2. The molecule has 0 N–H and O–H groups in total. The second kappa shape index (κ2) is 3.86. The van der Waals surface area contributed by atoms with Crippen molar-refractivity contribution in [3.05, 3.63) is 35.7 Å². The maximum atomic E-state index is 4.52. The molecule has 0 amide bonds. The summed E-state index contributed by atoms with van der Waals surface area (Å²) in [5.41, 5.74) is 5.39. The van der Waals surface area contributed by atoms with Gasteiger partial charge in [-0.05, 0) is 18.6 Å². The third kappa shape index (κ3) is 1.76. The lowest BCUT2D eigenvalue weighted by Gasteiger charge is -2.18. The van der Waals surface area contributed by atoms with Gasteiger partial charge >= 0.3 is 0 Å². The van der Waals surface area contributed by atoms with Crippen molar-refractivity contribution in [3.63, 3.8) is 0 Å². The maximum Gasteiger partial charge on any atom is 0.139 e. The van der Waals surface area contributed by atoms with Crippen molar-refractivity contribution in [2.45, 2.75) is 26.2 Å². The quantitative estimate of drug-likeness (QED) is 0.780. The Morgan fingerprint density at radius 3 is 2.58 bits per heavy atom. The smallest absolute Gasteiger partial charge is 0.139 e. The molecule has 0 saturated heterocycles. The summed E-state index contributed by atoms with van der Waals surface area (Å²) in [5, 5.41) is 0. The second-order valence-electron chi connectivity index (χ2n) is 6.25. The van der Waals surface area contributed by atoms with Crippen LogP contribution in [0, 0.1) is 6.92 Å². The Morgan fingerprint density at radius 1 is 1.21 bits per heavy atom. The first kappa shape index (κ1) is 12.3. The molecule has 0 unspecified atom stereocenters. The summed E-state index contributed by atoms with van der Waals surface area (Å²) in [5.74, 6) is 1.04. The summed E-state index contributed by atoms with van der Waals surface area (Å²) >= 11 is 0. The molecular formula is C16H21N3. The summed E-state index contributed by atoms with van der Waals surface area (Å²) in [7, 11) is 4.24. The molecule has 100 valence electrons. The minimum Gasteiger partial charge on any atom is -0.373 e. The summed E-state index contributed by atoms with van der Waals surface area (Å²) in [6.45, 7) is 7.77. The zero-order valence-corrected chi connectivity index (χ0v) is 12.4. The highest BCUT2D eigenvalue weighted by Crippen LogP contribution is 2.41. The fraction of sp³-hybridized carbons (Fsp3) is 0.438. The van der Waals surface area contributed by atoms with E-state index in [1.54, 1.807) is 0 Å². The van der Waals surface area contributed by atoms with E-state index in [0.717, 1.165) is 12.4 Å². The lowest BCUT2D eigenvalue weighted by atomic mass is 9.86. The number of anilines is 1. The van der Waals surface area contributed by atoms with Crippen LogP contribution in [0.15, 0.2) is 24.4 Å². The average molecular weight is 255 g/mol. The van der Waals surface area contributed by atoms with Gasteiger partial charge in [0.15, 0.2) is 0 Å². The van der Waals surface area contributed by atoms with E-state index in [9.17, 15) is 0 Å². The summed E-state index contributed by atoms with van der Waals surface area (Å²) in [6, 6.07) is 6.73.